The quantitative estimate of drug-likeness (QED) is 0.852. The van der Waals surface area contributed by atoms with Crippen LogP contribution in [0.15, 0.2) is 24.3 Å². The van der Waals surface area contributed by atoms with Crippen molar-refractivity contribution in [1.29, 1.82) is 0 Å². The van der Waals surface area contributed by atoms with Gasteiger partial charge in [0.25, 0.3) is 0 Å². The number of ether oxygens (including phenoxy) is 1. The average molecular weight is 260 g/mol. The van der Waals surface area contributed by atoms with Gasteiger partial charge in [-0.3, -0.25) is 4.79 Å². The summed E-state index contributed by atoms with van der Waals surface area (Å²) in [6, 6.07) is 7.87. The number of rotatable bonds is 2. The van der Waals surface area contributed by atoms with Crippen molar-refractivity contribution in [2.45, 2.75) is 37.8 Å². The summed E-state index contributed by atoms with van der Waals surface area (Å²) in [5.74, 6) is 0.965. The SMILES string of the molecule is CC1(C(=O)NC2COc3ccccc32)CCCCN1. The standard InChI is InChI=1S/C15H20N2O2/c1-15(8-4-5-9-16-15)14(18)17-12-10-19-13-7-3-2-6-11(12)13/h2-3,6-7,12,16H,4-5,8-10H2,1H3,(H,17,18). The number of hydrogen-bond acceptors (Lipinski definition) is 3. The largest absolute Gasteiger partial charge is 0.491 e. The second-order valence-electron chi connectivity index (χ2n) is 5.59. The number of carbonyl (C=O) groups excluding carboxylic acids is 1. The summed E-state index contributed by atoms with van der Waals surface area (Å²) in [6.45, 7) is 3.44. The van der Waals surface area contributed by atoms with Crippen LogP contribution in [0.3, 0.4) is 0 Å². The number of para-hydroxylation sites is 1. The molecule has 1 aromatic carbocycles. The van der Waals surface area contributed by atoms with Gasteiger partial charge in [-0.25, -0.2) is 0 Å². The summed E-state index contributed by atoms with van der Waals surface area (Å²) >= 11 is 0. The molecule has 1 saturated heterocycles. The molecule has 2 heterocycles. The third kappa shape index (κ3) is 2.32. The van der Waals surface area contributed by atoms with Gasteiger partial charge in [0.1, 0.15) is 12.4 Å². The highest BCUT2D eigenvalue weighted by molar-refractivity contribution is 5.86. The molecule has 0 radical (unpaired) electrons. The molecule has 2 atom stereocenters. The zero-order valence-corrected chi connectivity index (χ0v) is 11.2. The van der Waals surface area contributed by atoms with Crippen LogP contribution in [0.1, 0.15) is 37.8 Å². The number of hydrogen-bond donors (Lipinski definition) is 2. The van der Waals surface area contributed by atoms with Crippen LogP contribution in [0.25, 0.3) is 0 Å². The lowest BCUT2D eigenvalue weighted by Crippen LogP contribution is -2.57. The maximum atomic E-state index is 12.5. The van der Waals surface area contributed by atoms with Crippen molar-refractivity contribution in [3.63, 3.8) is 0 Å². The second-order valence-corrected chi connectivity index (χ2v) is 5.59. The minimum atomic E-state index is -0.435. The van der Waals surface area contributed by atoms with Crippen LogP contribution in [0, 0.1) is 0 Å². The number of piperidine rings is 1. The highest BCUT2D eigenvalue weighted by atomic mass is 16.5. The van der Waals surface area contributed by atoms with Crippen molar-refractivity contribution in [1.82, 2.24) is 10.6 Å². The fourth-order valence-corrected chi connectivity index (χ4v) is 2.85. The van der Waals surface area contributed by atoms with Gasteiger partial charge >= 0.3 is 0 Å². The highest BCUT2D eigenvalue weighted by Gasteiger charge is 2.36. The zero-order chi connectivity index (χ0) is 13.3. The van der Waals surface area contributed by atoms with Gasteiger partial charge < -0.3 is 15.4 Å². The first-order valence-electron chi connectivity index (χ1n) is 6.97. The summed E-state index contributed by atoms with van der Waals surface area (Å²) in [7, 11) is 0. The third-order valence-corrected chi connectivity index (χ3v) is 4.13. The first-order valence-corrected chi connectivity index (χ1v) is 6.97. The summed E-state index contributed by atoms with van der Waals surface area (Å²) in [6.07, 6.45) is 3.15. The Morgan fingerprint density at radius 1 is 1.42 bits per heavy atom. The zero-order valence-electron chi connectivity index (χ0n) is 11.2. The Labute approximate surface area is 113 Å². The highest BCUT2D eigenvalue weighted by Crippen LogP contribution is 2.32. The van der Waals surface area contributed by atoms with E-state index >= 15 is 0 Å². The molecular formula is C15H20N2O2. The smallest absolute Gasteiger partial charge is 0.240 e. The summed E-state index contributed by atoms with van der Waals surface area (Å²) in [4.78, 5) is 12.5. The van der Waals surface area contributed by atoms with Gasteiger partial charge in [0.2, 0.25) is 5.91 Å². The molecule has 0 aliphatic carbocycles. The molecule has 0 spiro atoms. The van der Waals surface area contributed by atoms with E-state index in [2.05, 4.69) is 10.6 Å². The lowest BCUT2D eigenvalue weighted by Gasteiger charge is -2.34. The summed E-state index contributed by atoms with van der Waals surface area (Å²) < 4.78 is 5.60. The number of fused-ring (bicyclic) bond motifs is 1. The van der Waals surface area contributed by atoms with E-state index in [1.165, 1.54) is 0 Å². The van der Waals surface area contributed by atoms with Crippen molar-refractivity contribution in [3.8, 4) is 5.75 Å². The van der Waals surface area contributed by atoms with E-state index in [9.17, 15) is 4.79 Å². The van der Waals surface area contributed by atoms with Crippen molar-refractivity contribution in [2.75, 3.05) is 13.2 Å². The number of benzene rings is 1. The predicted molar refractivity (Wildman–Crippen MR) is 73.1 cm³/mol. The van der Waals surface area contributed by atoms with Gasteiger partial charge in [-0.2, -0.15) is 0 Å². The van der Waals surface area contributed by atoms with Crippen LogP contribution in [0.2, 0.25) is 0 Å². The van der Waals surface area contributed by atoms with Gasteiger partial charge in [-0.05, 0) is 38.8 Å². The molecule has 102 valence electrons. The second kappa shape index (κ2) is 4.85. The molecule has 4 nitrogen and oxygen atoms in total. The van der Waals surface area contributed by atoms with E-state index in [1.807, 2.05) is 31.2 Å². The molecule has 2 unspecified atom stereocenters. The molecule has 2 N–H and O–H groups in total. The Hall–Kier alpha value is -1.55. The Morgan fingerprint density at radius 3 is 3.05 bits per heavy atom. The summed E-state index contributed by atoms with van der Waals surface area (Å²) in [5.41, 5.74) is 0.644. The van der Waals surface area contributed by atoms with Gasteiger partial charge in [0.05, 0.1) is 11.6 Å². The minimum Gasteiger partial charge on any atom is -0.491 e. The monoisotopic (exact) mass is 260 g/mol. The average Bonchev–Trinajstić information content (AvgIpc) is 2.83. The fourth-order valence-electron chi connectivity index (χ4n) is 2.85. The van der Waals surface area contributed by atoms with Crippen LogP contribution in [0.4, 0.5) is 0 Å². The van der Waals surface area contributed by atoms with Crippen molar-refractivity contribution < 1.29 is 9.53 Å². The van der Waals surface area contributed by atoms with Gasteiger partial charge in [0, 0.05) is 5.56 Å². The van der Waals surface area contributed by atoms with E-state index in [0.29, 0.717) is 6.61 Å². The van der Waals surface area contributed by atoms with Crippen LogP contribution in [-0.2, 0) is 4.79 Å². The van der Waals surface area contributed by atoms with Crippen LogP contribution in [0.5, 0.6) is 5.75 Å². The first kappa shape index (κ1) is 12.5. The minimum absolute atomic E-state index is 0.0238. The first-order chi connectivity index (χ1) is 9.19. The molecule has 1 amide bonds. The van der Waals surface area contributed by atoms with Crippen LogP contribution >= 0.6 is 0 Å². The van der Waals surface area contributed by atoms with E-state index in [4.69, 9.17) is 4.74 Å². The topological polar surface area (TPSA) is 50.4 Å². The normalized spacial score (nSPS) is 29.4. The number of nitrogens with one attached hydrogen (secondary N) is 2. The lowest BCUT2D eigenvalue weighted by molar-refractivity contribution is -0.128. The fraction of sp³-hybridized carbons (Fsp3) is 0.533. The number of carbonyl (C=O) groups is 1. The molecule has 0 saturated carbocycles. The molecule has 0 aromatic heterocycles. The van der Waals surface area contributed by atoms with Gasteiger partial charge in [-0.15, -0.1) is 0 Å². The van der Waals surface area contributed by atoms with Crippen LogP contribution < -0.4 is 15.4 Å². The van der Waals surface area contributed by atoms with Gasteiger partial charge in [0.15, 0.2) is 0 Å². The third-order valence-electron chi connectivity index (χ3n) is 4.13. The molecule has 3 rings (SSSR count). The van der Waals surface area contributed by atoms with E-state index in [1.54, 1.807) is 0 Å². The predicted octanol–water partition coefficient (Wildman–Crippen LogP) is 1.77. The van der Waals surface area contributed by atoms with E-state index < -0.39 is 5.54 Å². The molecule has 2 aliphatic heterocycles. The Balaban J connectivity index is 1.71. The lowest BCUT2D eigenvalue weighted by atomic mass is 9.89. The molecular weight excluding hydrogens is 240 g/mol. The van der Waals surface area contributed by atoms with Crippen LogP contribution in [-0.4, -0.2) is 24.6 Å². The van der Waals surface area contributed by atoms with E-state index in [0.717, 1.165) is 37.1 Å². The summed E-state index contributed by atoms with van der Waals surface area (Å²) in [5, 5.41) is 6.46. The maximum absolute atomic E-state index is 12.5. The van der Waals surface area contributed by atoms with Crippen molar-refractivity contribution in [3.05, 3.63) is 29.8 Å². The Bertz CT molecular complexity index is 481. The molecule has 1 aromatic rings. The van der Waals surface area contributed by atoms with Gasteiger partial charge in [-0.1, -0.05) is 18.2 Å². The maximum Gasteiger partial charge on any atom is 0.240 e. The number of amides is 1. The Morgan fingerprint density at radius 2 is 2.26 bits per heavy atom. The van der Waals surface area contributed by atoms with E-state index in [-0.39, 0.29) is 11.9 Å². The van der Waals surface area contributed by atoms with Crippen molar-refractivity contribution >= 4 is 5.91 Å². The Kier molecular flexibility index (Phi) is 3.19. The molecule has 2 aliphatic rings. The molecule has 0 bridgehead atoms. The molecule has 1 fully saturated rings. The molecule has 19 heavy (non-hydrogen) atoms. The van der Waals surface area contributed by atoms with Crippen molar-refractivity contribution in [2.24, 2.45) is 0 Å². The molecule has 4 heteroatoms.